The monoisotopic (exact) mass is 635 g/mol. The molecule has 0 heterocycles. The Morgan fingerprint density at radius 2 is 0.622 bits per heavy atom. The maximum absolute atomic E-state index is 11.9. The minimum absolute atomic E-state index is 0.150. The number of esters is 4. The highest BCUT2D eigenvalue weighted by atomic mass is 16.6. The van der Waals surface area contributed by atoms with Crippen molar-refractivity contribution >= 4 is 23.9 Å². The van der Waals surface area contributed by atoms with Crippen molar-refractivity contribution in [2.24, 2.45) is 0 Å². The van der Waals surface area contributed by atoms with E-state index < -0.39 is 30.3 Å². The second-order valence-corrected chi connectivity index (χ2v) is 12.9. The first-order valence-corrected chi connectivity index (χ1v) is 19.1. The van der Waals surface area contributed by atoms with Gasteiger partial charge in [0.2, 0.25) is 0 Å². The number of hydrogen-bond acceptors (Lipinski definition) is 6. The van der Waals surface area contributed by atoms with Gasteiger partial charge in [0.05, 0.1) is 0 Å². The number of carbonyl (C=O) groups excluding carboxylic acids is 4. The normalized spacial score (nSPS) is 11.2. The predicted molar refractivity (Wildman–Crippen MR) is 186 cm³/mol. The molecule has 0 aromatic heterocycles. The Hall–Kier alpha value is -1.98. The molecule has 0 aliphatic heterocycles. The summed E-state index contributed by atoms with van der Waals surface area (Å²) in [5.41, 5.74) is 0. The molecule has 0 amide bonds. The topological polar surface area (TPSA) is 86.7 Å². The molecule has 262 valence electrons. The van der Waals surface area contributed by atoms with Crippen LogP contribution in [0.3, 0.4) is 0 Å². The molecule has 0 N–H and O–H groups in total. The van der Waals surface area contributed by atoms with Crippen LogP contribution in [0.25, 0.3) is 0 Å². The fraction of sp³-hybridized carbons (Fsp3) is 0.846. The first-order valence-electron chi connectivity index (χ1n) is 19.1. The van der Waals surface area contributed by atoms with Crippen molar-refractivity contribution in [2.75, 3.05) is 0 Å². The van der Waals surface area contributed by atoms with E-state index in [0.717, 1.165) is 44.9 Å². The summed E-state index contributed by atoms with van der Waals surface area (Å²) in [6.45, 7) is 4.50. The smallest absolute Gasteiger partial charge is 0.324 e. The third kappa shape index (κ3) is 34.7. The molecule has 0 rings (SSSR count). The third-order valence-electron chi connectivity index (χ3n) is 8.37. The van der Waals surface area contributed by atoms with E-state index in [0.29, 0.717) is 12.8 Å². The van der Waals surface area contributed by atoms with Gasteiger partial charge in [0.15, 0.2) is 0 Å². The van der Waals surface area contributed by atoms with Crippen LogP contribution in [-0.4, -0.2) is 23.9 Å². The number of unbranched alkanes of at least 4 members (excludes halogenated alkanes) is 25. The lowest BCUT2D eigenvalue weighted by molar-refractivity contribution is -0.165. The average molecular weight is 635 g/mol. The quantitative estimate of drug-likeness (QED) is 0.0309. The Balaban J connectivity index is 3.55. The van der Waals surface area contributed by atoms with Gasteiger partial charge in [0.25, 0.3) is 0 Å². The van der Waals surface area contributed by atoms with Gasteiger partial charge in [0.1, 0.15) is 6.42 Å². The van der Waals surface area contributed by atoms with Crippen molar-refractivity contribution in [1.82, 2.24) is 0 Å². The first kappa shape index (κ1) is 43.0. The Morgan fingerprint density at radius 3 is 0.933 bits per heavy atom. The van der Waals surface area contributed by atoms with Gasteiger partial charge in [-0.3, -0.25) is 19.2 Å². The Bertz CT molecular complexity index is 744. The van der Waals surface area contributed by atoms with Crippen LogP contribution < -0.4 is 0 Å². The van der Waals surface area contributed by atoms with E-state index in [1.165, 1.54) is 122 Å². The van der Waals surface area contributed by atoms with Crippen LogP contribution in [-0.2, 0) is 28.7 Å². The molecule has 0 saturated heterocycles. The summed E-state index contributed by atoms with van der Waals surface area (Å²) in [5.74, 6) is -3.17. The van der Waals surface area contributed by atoms with Gasteiger partial charge >= 0.3 is 23.9 Å². The molecule has 0 spiro atoms. The fourth-order valence-corrected chi connectivity index (χ4v) is 5.53. The summed E-state index contributed by atoms with van der Waals surface area (Å²) in [6, 6.07) is 0. The lowest BCUT2D eigenvalue weighted by Crippen LogP contribution is -2.19. The van der Waals surface area contributed by atoms with Crippen LogP contribution in [0.4, 0.5) is 0 Å². The Labute approximate surface area is 277 Å². The number of carbonyl (C=O) groups is 4. The summed E-state index contributed by atoms with van der Waals surface area (Å²) in [6.07, 6.45) is 37.9. The van der Waals surface area contributed by atoms with Gasteiger partial charge in [-0.1, -0.05) is 167 Å². The average Bonchev–Trinajstić information content (AvgIpc) is 3.00. The number of rotatable bonds is 33. The van der Waals surface area contributed by atoms with Gasteiger partial charge in [-0.2, -0.15) is 0 Å². The van der Waals surface area contributed by atoms with E-state index in [4.69, 9.17) is 9.47 Å². The van der Waals surface area contributed by atoms with E-state index in [-0.39, 0.29) is 12.8 Å². The van der Waals surface area contributed by atoms with Gasteiger partial charge in [-0.05, 0) is 38.5 Å². The molecule has 0 aromatic rings. The summed E-state index contributed by atoms with van der Waals surface area (Å²) in [7, 11) is 0. The van der Waals surface area contributed by atoms with Crippen molar-refractivity contribution < 1.29 is 28.7 Å². The van der Waals surface area contributed by atoms with Crippen LogP contribution in [0.2, 0.25) is 0 Å². The molecule has 0 saturated carbocycles. The highest BCUT2D eigenvalue weighted by molar-refractivity contribution is 5.99. The minimum atomic E-state index is -0.961. The summed E-state index contributed by atoms with van der Waals surface area (Å²) in [5, 5.41) is 0. The molecule has 0 radical (unpaired) electrons. The number of hydrogen-bond donors (Lipinski definition) is 0. The molecule has 0 bridgehead atoms. The van der Waals surface area contributed by atoms with Gasteiger partial charge in [-0.15, -0.1) is 0 Å². The van der Waals surface area contributed by atoms with Crippen molar-refractivity contribution in [3.05, 3.63) is 12.2 Å². The van der Waals surface area contributed by atoms with Crippen LogP contribution in [0.1, 0.15) is 213 Å². The van der Waals surface area contributed by atoms with E-state index >= 15 is 0 Å². The summed E-state index contributed by atoms with van der Waals surface area (Å²) in [4.78, 5) is 47.5. The third-order valence-corrected chi connectivity index (χ3v) is 8.37. The first-order chi connectivity index (χ1) is 22.0. The van der Waals surface area contributed by atoms with E-state index in [9.17, 15) is 19.2 Å². The lowest BCUT2D eigenvalue weighted by atomic mass is 10.0. The molecule has 0 aromatic carbocycles. The van der Waals surface area contributed by atoms with Crippen LogP contribution >= 0.6 is 0 Å². The van der Waals surface area contributed by atoms with Crippen molar-refractivity contribution in [1.29, 1.82) is 0 Å². The SMILES string of the molecule is CCCCCCCC/C=C\CCCCCCCC(=O)OC(=O)CC(=O)OC(=O)CCCCCCCCCCCCCCCCC. The Morgan fingerprint density at radius 1 is 0.356 bits per heavy atom. The van der Waals surface area contributed by atoms with Crippen LogP contribution in [0.15, 0.2) is 12.2 Å². The lowest BCUT2D eigenvalue weighted by Gasteiger charge is -2.05. The zero-order valence-electron chi connectivity index (χ0n) is 29.5. The zero-order chi connectivity index (χ0) is 33.1. The van der Waals surface area contributed by atoms with Gasteiger partial charge in [0, 0.05) is 12.8 Å². The Kier molecular flexibility index (Phi) is 33.3. The van der Waals surface area contributed by atoms with Gasteiger partial charge < -0.3 is 9.47 Å². The molecular weight excluding hydrogens is 564 g/mol. The fourth-order valence-electron chi connectivity index (χ4n) is 5.53. The van der Waals surface area contributed by atoms with Crippen LogP contribution in [0.5, 0.6) is 0 Å². The minimum Gasteiger partial charge on any atom is -0.393 e. The highest BCUT2D eigenvalue weighted by Crippen LogP contribution is 2.14. The van der Waals surface area contributed by atoms with Crippen molar-refractivity contribution in [3.8, 4) is 0 Å². The molecular formula is C39H70O6. The summed E-state index contributed by atoms with van der Waals surface area (Å²) >= 11 is 0. The zero-order valence-corrected chi connectivity index (χ0v) is 29.5. The molecule has 6 heteroatoms. The standard InChI is InChI=1S/C39H70O6/c1-3-5-7-9-11-13-15-17-19-21-23-25-27-29-31-33-36(40)44-38(42)35-39(43)45-37(41)34-32-30-28-26-24-22-20-18-16-14-12-10-8-6-4-2/h17,19H,3-16,18,20-35H2,1-2H3/b19-17-. The van der Waals surface area contributed by atoms with Crippen molar-refractivity contribution in [2.45, 2.75) is 213 Å². The molecule has 6 nitrogen and oxygen atoms in total. The number of allylic oxidation sites excluding steroid dienone is 2. The second kappa shape index (κ2) is 34.9. The van der Waals surface area contributed by atoms with E-state index in [1.54, 1.807) is 0 Å². The van der Waals surface area contributed by atoms with E-state index in [2.05, 4.69) is 26.0 Å². The van der Waals surface area contributed by atoms with Crippen LogP contribution in [0, 0.1) is 0 Å². The molecule has 45 heavy (non-hydrogen) atoms. The number of ether oxygens (including phenoxy) is 2. The molecule has 0 fully saturated rings. The maximum atomic E-state index is 11.9. The summed E-state index contributed by atoms with van der Waals surface area (Å²) < 4.78 is 9.43. The maximum Gasteiger partial charge on any atom is 0.324 e. The highest BCUT2D eigenvalue weighted by Gasteiger charge is 2.18. The molecule has 0 aliphatic rings. The van der Waals surface area contributed by atoms with Gasteiger partial charge in [-0.25, -0.2) is 0 Å². The molecule has 0 atom stereocenters. The van der Waals surface area contributed by atoms with E-state index in [1.807, 2.05) is 0 Å². The predicted octanol–water partition coefficient (Wildman–Crippen LogP) is 11.8. The largest absolute Gasteiger partial charge is 0.393 e. The molecule has 0 unspecified atom stereocenters. The van der Waals surface area contributed by atoms with Crippen molar-refractivity contribution in [3.63, 3.8) is 0 Å². The molecule has 0 aliphatic carbocycles. The second-order valence-electron chi connectivity index (χ2n) is 12.9.